The van der Waals surface area contributed by atoms with Crippen LogP contribution in [0.25, 0.3) is 32.9 Å². The van der Waals surface area contributed by atoms with E-state index in [1.165, 1.54) is 17.7 Å². The molecule has 0 radical (unpaired) electrons. The number of benzene rings is 3. The van der Waals surface area contributed by atoms with E-state index in [1.54, 1.807) is 18.3 Å². The van der Waals surface area contributed by atoms with E-state index < -0.39 is 5.82 Å². The zero-order chi connectivity index (χ0) is 27.3. The number of fused-ring (bicyclic) bond motifs is 2. The predicted molar refractivity (Wildman–Crippen MR) is 151 cm³/mol. The number of aromatic nitrogens is 3. The number of pyridine rings is 1. The molecule has 1 fully saturated rings. The Bertz CT molecular complexity index is 1700. The van der Waals surface area contributed by atoms with Crippen molar-refractivity contribution in [1.82, 2.24) is 15.0 Å². The van der Waals surface area contributed by atoms with Crippen molar-refractivity contribution in [3.63, 3.8) is 0 Å². The van der Waals surface area contributed by atoms with Crippen LogP contribution in [-0.4, -0.2) is 26.6 Å². The van der Waals surface area contributed by atoms with E-state index in [1.807, 2.05) is 39.0 Å². The smallest absolute Gasteiger partial charge is 0.175 e. The summed E-state index contributed by atoms with van der Waals surface area (Å²) in [7, 11) is 0. The number of aromatic hydroxyl groups is 1. The molecule has 39 heavy (non-hydrogen) atoms. The molecular weight excluding hydrogens is 494 g/mol. The average Bonchev–Trinajstić information content (AvgIpc) is 3.43. The van der Waals surface area contributed by atoms with Gasteiger partial charge in [-0.05, 0) is 59.4 Å². The van der Waals surface area contributed by atoms with Crippen molar-refractivity contribution in [2.75, 3.05) is 11.4 Å². The maximum absolute atomic E-state index is 16.5. The first kappa shape index (κ1) is 25.2. The van der Waals surface area contributed by atoms with Crippen molar-refractivity contribution in [3.05, 3.63) is 89.4 Å². The zero-order valence-electron chi connectivity index (χ0n) is 22.2. The first-order valence-corrected chi connectivity index (χ1v) is 13.5. The fourth-order valence-corrected chi connectivity index (χ4v) is 5.80. The fraction of sp³-hybridized carbons (Fsp3) is 0.281. The average molecular weight is 525 g/mol. The number of rotatable bonds is 5. The number of anilines is 1. The summed E-state index contributed by atoms with van der Waals surface area (Å²) in [4.78, 5) is 16.4. The van der Waals surface area contributed by atoms with Gasteiger partial charge in [0.2, 0.25) is 0 Å². The molecule has 3 heterocycles. The monoisotopic (exact) mass is 524 g/mol. The number of phenols is 1. The second kappa shape index (κ2) is 9.88. The molecule has 5 nitrogen and oxygen atoms in total. The van der Waals surface area contributed by atoms with E-state index in [0.717, 1.165) is 19.4 Å². The van der Waals surface area contributed by atoms with Crippen molar-refractivity contribution in [2.45, 2.75) is 52.0 Å². The Morgan fingerprint density at radius 1 is 1.05 bits per heavy atom. The topological polar surface area (TPSA) is 62.1 Å². The lowest BCUT2D eigenvalue weighted by Crippen LogP contribution is -2.25. The lowest BCUT2D eigenvalue weighted by atomic mass is 9.94. The summed E-state index contributed by atoms with van der Waals surface area (Å²) in [5.41, 5.74) is 2.20. The molecule has 1 N–H and O–H groups in total. The number of hydrogen-bond donors (Lipinski definition) is 1. The summed E-state index contributed by atoms with van der Waals surface area (Å²) in [6.45, 7) is 6.63. The zero-order valence-corrected chi connectivity index (χ0v) is 22.2. The van der Waals surface area contributed by atoms with Gasteiger partial charge in [0.15, 0.2) is 5.82 Å². The molecule has 5 aromatic rings. The first-order chi connectivity index (χ1) is 18.9. The van der Waals surface area contributed by atoms with Gasteiger partial charge in [0.1, 0.15) is 34.4 Å². The van der Waals surface area contributed by atoms with E-state index in [-0.39, 0.29) is 34.7 Å². The number of halogens is 2. The molecule has 0 amide bonds. The van der Waals surface area contributed by atoms with Gasteiger partial charge in [-0.15, -0.1) is 0 Å². The lowest BCUT2D eigenvalue weighted by molar-refractivity contribution is 0.476. The molecule has 3 aromatic carbocycles. The SMILES string of the molecule is CCc1c(F)ccc2cc(O)cc(-c3ncc4c(N5CCCC5c5ccccc5)nc(C(C)C)nc4c3F)c12. The fourth-order valence-electron chi connectivity index (χ4n) is 5.80. The maximum Gasteiger partial charge on any atom is 0.175 e. The van der Waals surface area contributed by atoms with Gasteiger partial charge in [-0.2, -0.15) is 0 Å². The third-order valence-corrected chi connectivity index (χ3v) is 7.67. The van der Waals surface area contributed by atoms with Gasteiger partial charge >= 0.3 is 0 Å². The highest BCUT2D eigenvalue weighted by Gasteiger charge is 2.30. The van der Waals surface area contributed by atoms with Gasteiger partial charge in [-0.25, -0.2) is 18.7 Å². The Morgan fingerprint density at radius 2 is 1.85 bits per heavy atom. The second-order valence-corrected chi connectivity index (χ2v) is 10.5. The Balaban J connectivity index is 1.60. The summed E-state index contributed by atoms with van der Waals surface area (Å²) >= 11 is 0. The molecule has 7 heteroatoms. The Hall–Kier alpha value is -4.13. The van der Waals surface area contributed by atoms with E-state index in [2.05, 4.69) is 27.0 Å². The van der Waals surface area contributed by atoms with Gasteiger partial charge in [-0.3, -0.25) is 4.98 Å². The molecule has 0 spiro atoms. The predicted octanol–water partition coefficient (Wildman–Crippen LogP) is 7.86. The van der Waals surface area contributed by atoms with Gasteiger partial charge in [-0.1, -0.05) is 57.2 Å². The van der Waals surface area contributed by atoms with Crippen LogP contribution in [0.3, 0.4) is 0 Å². The van der Waals surface area contributed by atoms with E-state index in [0.29, 0.717) is 45.3 Å². The summed E-state index contributed by atoms with van der Waals surface area (Å²) < 4.78 is 31.3. The quantitative estimate of drug-likeness (QED) is 0.254. The Labute approximate surface area is 226 Å². The van der Waals surface area contributed by atoms with Gasteiger partial charge in [0.25, 0.3) is 0 Å². The standard InChI is InChI=1S/C32H30F2N4O/c1-4-22-25(33)13-12-20-15-21(39)16-23(27(20)22)29-28(34)30-24(17-35-29)32(37-31(36-30)18(2)3)38-14-8-11-26(38)19-9-6-5-7-10-19/h5-7,9-10,12-13,15-18,26,39H,4,8,11,14H2,1-3H3. The molecule has 1 unspecified atom stereocenters. The number of hydrogen-bond acceptors (Lipinski definition) is 5. The number of phenolic OH excluding ortho intramolecular Hbond substituents is 1. The minimum Gasteiger partial charge on any atom is -0.508 e. The van der Waals surface area contributed by atoms with Crippen LogP contribution in [0.2, 0.25) is 0 Å². The summed E-state index contributed by atoms with van der Waals surface area (Å²) in [6, 6.07) is 16.4. The second-order valence-electron chi connectivity index (χ2n) is 10.5. The maximum atomic E-state index is 16.5. The van der Waals surface area contributed by atoms with Gasteiger partial charge < -0.3 is 10.0 Å². The molecule has 0 bridgehead atoms. The molecule has 1 aliphatic rings. The molecular formula is C32H30F2N4O. The van der Waals surface area contributed by atoms with Crippen molar-refractivity contribution in [3.8, 4) is 17.0 Å². The highest BCUT2D eigenvalue weighted by Crippen LogP contribution is 2.41. The number of nitrogens with zero attached hydrogens (tertiary/aromatic N) is 4. The summed E-state index contributed by atoms with van der Waals surface area (Å²) in [5.74, 6) is 0.186. The van der Waals surface area contributed by atoms with E-state index >= 15 is 4.39 Å². The van der Waals surface area contributed by atoms with Crippen LogP contribution in [0.1, 0.15) is 62.5 Å². The minimum absolute atomic E-state index is 0.0238. The van der Waals surface area contributed by atoms with Crippen LogP contribution >= 0.6 is 0 Å². The highest BCUT2D eigenvalue weighted by molar-refractivity contribution is 6.01. The molecule has 0 aliphatic carbocycles. The normalized spacial score (nSPS) is 15.6. The Kier molecular flexibility index (Phi) is 6.37. The van der Waals surface area contributed by atoms with Crippen LogP contribution in [-0.2, 0) is 6.42 Å². The van der Waals surface area contributed by atoms with E-state index in [4.69, 9.17) is 4.98 Å². The molecule has 1 saturated heterocycles. The molecule has 0 saturated carbocycles. The van der Waals surface area contributed by atoms with Crippen LogP contribution in [0.5, 0.6) is 5.75 Å². The molecule has 198 valence electrons. The lowest BCUT2D eigenvalue weighted by Gasteiger charge is -2.28. The Morgan fingerprint density at radius 3 is 2.59 bits per heavy atom. The van der Waals surface area contributed by atoms with Crippen molar-refractivity contribution < 1.29 is 13.9 Å². The van der Waals surface area contributed by atoms with Crippen LogP contribution in [0.4, 0.5) is 14.6 Å². The molecule has 1 atom stereocenters. The van der Waals surface area contributed by atoms with Crippen molar-refractivity contribution in [2.24, 2.45) is 0 Å². The van der Waals surface area contributed by atoms with E-state index in [9.17, 15) is 9.50 Å². The van der Waals surface area contributed by atoms with Gasteiger partial charge in [0, 0.05) is 24.2 Å². The minimum atomic E-state index is -0.605. The third kappa shape index (κ3) is 4.26. The third-order valence-electron chi connectivity index (χ3n) is 7.67. The summed E-state index contributed by atoms with van der Waals surface area (Å²) in [5, 5.41) is 12.2. The van der Waals surface area contributed by atoms with Crippen LogP contribution in [0.15, 0.2) is 60.8 Å². The van der Waals surface area contributed by atoms with Crippen LogP contribution in [0, 0.1) is 11.6 Å². The molecule has 2 aromatic heterocycles. The number of aryl methyl sites for hydroxylation is 1. The van der Waals surface area contributed by atoms with Crippen LogP contribution < -0.4 is 4.90 Å². The van der Waals surface area contributed by atoms with Crippen molar-refractivity contribution in [1.29, 1.82) is 0 Å². The largest absolute Gasteiger partial charge is 0.508 e. The first-order valence-electron chi connectivity index (χ1n) is 13.5. The van der Waals surface area contributed by atoms with Crippen molar-refractivity contribution >= 4 is 27.5 Å². The van der Waals surface area contributed by atoms with Gasteiger partial charge in [0.05, 0.1) is 11.4 Å². The summed E-state index contributed by atoms with van der Waals surface area (Å²) in [6.07, 6.45) is 4.00. The highest BCUT2D eigenvalue weighted by atomic mass is 19.1. The molecule has 6 rings (SSSR count). The molecule has 1 aliphatic heterocycles.